The van der Waals surface area contributed by atoms with Crippen LogP contribution in [-0.4, -0.2) is 0 Å². The minimum atomic E-state index is 0.145. The van der Waals surface area contributed by atoms with Gasteiger partial charge >= 0.3 is 0 Å². The molecule has 1 unspecified atom stereocenters. The quantitative estimate of drug-likeness (QED) is 0.844. The summed E-state index contributed by atoms with van der Waals surface area (Å²) in [6.45, 7) is 6.37. The molecular formula is C11H16BrN. The summed E-state index contributed by atoms with van der Waals surface area (Å²) in [7, 11) is 0. The molecule has 0 amide bonds. The van der Waals surface area contributed by atoms with Crippen LogP contribution in [0.25, 0.3) is 0 Å². The number of hydrogen-bond acceptors (Lipinski definition) is 1. The molecule has 0 saturated heterocycles. The summed E-state index contributed by atoms with van der Waals surface area (Å²) in [5.41, 5.74) is 8.50. The van der Waals surface area contributed by atoms with E-state index in [9.17, 15) is 0 Å². The molecule has 0 radical (unpaired) electrons. The Morgan fingerprint density at radius 3 is 2.38 bits per heavy atom. The van der Waals surface area contributed by atoms with E-state index >= 15 is 0 Å². The molecule has 1 aromatic carbocycles. The third-order valence-corrected chi connectivity index (χ3v) is 3.17. The summed E-state index contributed by atoms with van der Waals surface area (Å²) >= 11 is 3.47. The van der Waals surface area contributed by atoms with E-state index in [1.54, 1.807) is 0 Å². The van der Waals surface area contributed by atoms with Crippen molar-refractivity contribution in [2.75, 3.05) is 0 Å². The third-order valence-electron chi connectivity index (χ3n) is 2.29. The molecule has 0 aliphatic heterocycles. The van der Waals surface area contributed by atoms with Gasteiger partial charge in [-0.15, -0.1) is 0 Å². The highest BCUT2D eigenvalue weighted by Crippen LogP contribution is 2.23. The predicted octanol–water partition coefficient (Wildman–Crippen LogP) is 3.41. The molecule has 0 spiro atoms. The van der Waals surface area contributed by atoms with Crippen LogP contribution in [0.5, 0.6) is 0 Å². The van der Waals surface area contributed by atoms with E-state index in [-0.39, 0.29) is 6.04 Å². The van der Waals surface area contributed by atoms with Gasteiger partial charge in [0.2, 0.25) is 0 Å². The normalized spacial score (nSPS) is 13.4. The van der Waals surface area contributed by atoms with Gasteiger partial charge in [0.1, 0.15) is 0 Å². The molecule has 0 bridgehead atoms. The van der Waals surface area contributed by atoms with Gasteiger partial charge in [-0.3, -0.25) is 0 Å². The summed E-state index contributed by atoms with van der Waals surface area (Å²) in [4.78, 5) is 0. The molecule has 0 saturated carbocycles. The lowest BCUT2D eigenvalue weighted by Crippen LogP contribution is -2.16. The van der Waals surface area contributed by atoms with Gasteiger partial charge in [0.15, 0.2) is 0 Å². The van der Waals surface area contributed by atoms with Crippen molar-refractivity contribution in [2.45, 2.75) is 26.8 Å². The van der Waals surface area contributed by atoms with Gasteiger partial charge in [-0.1, -0.05) is 41.9 Å². The van der Waals surface area contributed by atoms with Crippen LogP contribution in [0.3, 0.4) is 0 Å². The average Bonchev–Trinajstić information content (AvgIpc) is 2.08. The van der Waals surface area contributed by atoms with Crippen molar-refractivity contribution in [3.05, 3.63) is 33.8 Å². The lowest BCUT2D eigenvalue weighted by Gasteiger charge is -2.16. The molecule has 2 N–H and O–H groups in total. The van der Waals surface area contributed by atoms with Crippen LogP contribution in [-0.2, 0) is 0 Å². The zero-order valence-corrected chi connectivity index (χ0v) is 9.93. The van der Waals surface area contributed by atoms with Crippen LogP contribution in [0.1, 0.15) is 31.0 Å². The Labute approximate surface area is 88.5 Å². The molecule has 0 aliphatic carbocycles. The van der Waals surface area contributed by atoms with Crippen molar-refractivity contribution in [1.29, 1.82) is 0 Å². The minimum Gasteiger partial charge on any atom is -0.324 e. The van der Waals surface area contributed by atoms with Crippen molar-refractivity contribution in [2.24, 2.45) is 11.7 Å². The molecule has 2 heteroatoms. The number of nitrogens with two attached hydrogens (primary N) is 1. The van der Waals surface area contributed by atoms with Crippen molar-refractivity contribution < 1.29 is 0 Å². The van der Waals surface area contributed by atoms with Gasteiger partial charge in [-0.05, 0) is 30.0 Å². The third kappa shape index (κ3) is 2.55. The zero-order valence-electron chi connectivity index (χ0n) is 8.34. The second-order valence-corrected chi connectivity index (χ2v) is 4.63. The molecular weight excluding hydrogens is 226 g/mol. The summed E-state index contributed by atoms with van der Waals surface area (Å²) in [5.74, 6) is 0.487. The Morgan fingerprint density at radius 2 is 1.92 bits per heavy atom. The first-order chi connectivity index (χ1) is 6.02. The van der Waals surface area contributed by atoms with Crippen LogP contribution in [0.15, 0.2) is 22.7 Å². The van der Waals surface area contributed by atoms with Gasteiger partial charge in [-0.25, -0.2) is 0 Å². The van der Waals surface area contributed by atoms with Gasteiger partial charge < -0.3 is 5.73 Å². The standard InChI is InChI=1S/C11H16BrN/c1-7(2)11(13)9-4-5-10(12)8(3)6-9/h4-7,11H,13H2,1-3H3. The maximum atomic E-state index is 6.04. The second kappa shape index (κ2) is 4.25. The number of rotatable bonds is 2. The van der Waals surface area contributed by atoms with E-state index in [2.05, 4.69) is 54.9 Å². The maximum absolute atomic E-state index is 6.04. The van der Waals surface area contributed by atoms with E-state index in [1.165, 1.54) is 11.1 Å². The molecule has 1 atom stereocenters. The SMILES string of the molecule is Cc1cc(C(N)C(C)C)ccc1Br. The fourth-order valence-electron chi connectivity index (χ4n) is 1.26. The molecule has 0 fully saturated rings. The van der Waals surface area contributed by atoms with Crippen LogP contribution in [0, 0.1) is 12.8 Å². The highest BCUT2D eigenvalue weighted by atomic mass is 79.9. The lowest BCUT2D eigenvalue weighted by atomic mass is 9.96. The topological polar surface area (TPSA) is 26.0 Å². The van der Waals surface area contributed by atoms with Gasteiger partial charge in [0.25, 0.3) is 0 Å². The molecule has 72 valence electrons. The molecule has 1 aromatic rings. The van der Waals surface area contributed by atoms with E-state index < -0.39 is 0 Å². The van der Waals surface area contributed by atoms with Gasteiger partial charge in [0.05, 0.1) is 0 Å². The molecule has 1 nitrogen and oxygen atoms in total. The van der Waals surface area contributed by atoms with Crippen LogP contribution >= 0.6 is 15.9 Å². The molecule has 0 aromatic heterocycles. The second-order valence-electron chi connectivity index (χ2n) is 3.78. The van der Waals surface area contributed by atoms with Gasteiger partial charge in [-0.2, -0.15) is 0 Å². The van der Waals surface area contributed by atoms with Crippen molar-refractivity contribution >= 4 is 15.9 Å². The summed E-state index contributed by atoms with van der Waals surface area (Å²) in [6, 6.07) is 6.44. The highest BCUT2D eigenvalue weighted by Gasteiger charge is 2.10. The Kier molecular flexibility index (Phi) is 3.51. The van der Waals surface area contributed by atoms with E-state index in [0.717, 1.165) is 4.47 Å². The van der Waals surface area contributed by atoms with E-state index in [1.807, 2.05) is 0 Å². The van der Waals surface area contributed by atoms with E-state index in [0.29, 0.717) is 5.92 Å². The Balaban J connectivity index is 2.97. The Bertz CT molecular complexity index is 294. The van der Waals surface area contributed by atoms with Crippen molar-refractivity contribution in [3.8, 4) is 0 Å². The molecule has 0 heterocycles. The monoisotopic (exact) mass is 241 g/mol. The Hall–Kier alpha value is -0.340. The molecule has 0 aliphatic rings. The highest BCUT2D eigenvalue weighted by molar-refractivity contribution is 9.10. The first-order valence-corrected chi connectivity index (χ1v) is 5.33. The average molecular weight is 242 g/mol. The fraction of sp³-hybridized carbons (Fsp3) is 0.455. The number of halogens is 1. The summed E-state index contributed by atoms with van der Waals surface area (Å²) in [6.07, 6.45) is 0. The van der Waals surface area contributed by atoms with Crippen LogP contribution in [0.4, 0.5) is 0 Å². The number of hydrogen-bond donors (Lipinski definition) is 1. The maximum Gasteiger partial charge on any atom is 0.0318 e. The Morgan fingerprint density at radius 1 is 1.31 bits per heavy atom. The first kappa shape index (κ1) is 10.7. The van der Waals surface area contributed by atoms with E-state index in [4.69, 9.17) is 5.73 Å². The van der Waals surface area contributed by atoms with Crippen LogP contribution < -0.4 is 5.73 Å². The van der Waals surface area contributed by atoms with Crippen molar-refractivity contribution in [3.63, 3.8) is 0 Å². The van der Waals surface area contributed by atoms with Crippen LogP contribution in [0.2, 0.25) is 0 Å². The fourth-order valence-corrected chi connectivity index (χ4v) is 1.51. The predicted molar refractivity (Wildman–Crippen MR) is 60.6 cm³/mol. The van der Waals surface area contributed by atoms with Gasteiger partial charge in [0, 0.05) is 10.5 Å². The zero-order chi connectivity index (χ0) is 10.0. The number of benzene rings is 1. The largest absolute Gasteiger partial charge is 0.324 e. The summed E-state index contributed by atoms with van der Waals surface area (Å²) < 4.78 is 1.15. The lowest BCUT2D eigenvalue weighted by molar-refractivity contribution is 0.514. The smallest absolute Gasteiger partial charge is 0.0318 e. The van der Waals surface area contributed by atoms with Crippen molar-refractivity contribution in [1.82, 2.24) is 0 Å². The summed E-state index contributed by atoms with van der Waals surface area (Å²) in [5, 5.41) is 0. The molecule has 1 rings (SSSR count). The first-order valence-electron chi connectivity index (χ1n) is 4.54. The number of aryl methyl sites for hydroxylation is 1. The minimum absolute atomic E-state index is 0.145. The molecule has 13 heavy (non-hydrogen) atoms.